The van der Waals surface area contributed by atoms with Crippen molar-refractivity contribution in [3.05, 3.63) is 33.9 Å². The number of non-ortho nitro benzene ring substituents is 1. The van der Waals surface area contributed by atoms with E-state index >= 15 is 0 Å². The lowest BCUT2D eigenvalue weighted by Crippen LogP contribution is -2.38. The fraction of sp³-hybridized carbons (Fsp3) is 0.625. The summed E-state index contributed by atoms with van der Waals surface area (Å²) in [5.41, 5.74) is -0.0186. The quantitative estimate of drug-likeness (QED) is 0.590. The van der Waals surface area contributed by atoms with Crippen molar-refractivity contribution in [1.82, 2.24) is 4.90 Å². The first-order valence-electron chi connectivity index (χ1n) is 7.51. The van der Waals surface area contributed by atoms with Gasteiger partial charge < -0.3 is 9.84 Å². The number of hydrogen-bond donors (Lipinski definition) is 1. The van der Waals surface area contributed by atoms with Crippen molar-refractivity contribution in [2.24, 2.45) is 0 Å². The largest absolute Gasteiger partial charge is 0.491 e. The molecule has 1 aromatic rings. The van der Waals surface area contributed by atoms with E-state index < -0.39 is 10.5 Å². The second-order valence-electron chi connectivity index (χ2n) is 6.33. The molecule has 0 radical (unpaired) electrons. The van der Waals surface area contributed by atoms with Gasteiger partial charge in [0.05, 0.1) is 16.6 Å². The van der Waals surface area contributed by atoms with Crippen LogP contribution in [-0.4, -0.2) is 39.7 Å². The number of likely N-dealkylation sites (N-methyl/N-ethyl adjacent to an activating group) is 1. The van der Waals surface area contributed by atoms with E-state index in [-0.39, 0.29) is 11.8 Å². The van der Waals surface area contributed by atoms with Crippen LogP contribution in [0.25, 0.3) is 0 Å². The Morgan fingerprint density at radius 1 is 1.41 bits per heavy atom. The molecule has 0 spiro atoms. The molecular weight excluding hydrogens is 284 g/mol. The van der Waals surface area contributed by atoms with Crippen LogP contribution in [0.2, 0.25) is 0 Å². The van der Waals surface area contributed by atoms with Gasteiger partial charge in [0.2, 0.25) is 0 Å². The average molecular weight is 310 g/mol. The molecule has 0 aromatic heterocycles. The maximum absolute atomic E-state index is 11.0. The second kappa shape index (κ2) is 7.56. The average Bonchev–Trinajstić information content (AvgIpc) is 2.37. The molecule has 0 fully saturated rings. The highest BCUT2D eigenvalue weighted by Gasteiger charge is 2.20. The minimum absolute atomic E-state index is 0.00966. The fourth-order valence-electron chi connectivity index (χ4n) is 2.24. The third-order valence-electron chi connectivity index (χ3n) is 3.07. The van der Waals surface area contributed by atoms with Gasteiger partial charge in [-0.1, -0.05) is 6.92 Å². The van der Waals surface area contributed by atoms with Crippen molar-refractivity contribution in [2.45, 2.75) is 52.9 Å². The van der Waals surface area contributed by atoms with Crippen LogP contribution < -0.4 is 4.74 Å². The van der Waals surface area contributed by atoms with E-state index in [1.54, 1.807) is 26.0 Å². The zero-order chi connectivity index (χ0) is 16.9. The monoisotopic (exact) mass is 310 g/mol. The van der Waals surface area contributed by atoms with Crippen LogP contribution in [0.1, 0.15) is 40.2 Å². The maximum Gasteiger partial charge on any atom is 0.270 e. The maximum atomic E-state index is 11.0. The molecule has 0 atom stereocenters. The highest BCUT2D eigenvalue weighted by Crippen LogP contribution is 2.27. The molecule has 6 heteroatoms. The number of nitro groups is 1. The predicted molar refractivity (Wildman–Crippen MR) is 86.1 cm³/mol. The summed E-state index contributed by atoms with van der Waals surface area (Å²) in [4.78, 5) is 12.6. The van der Waals surface area contributed by atoms with Gasteiger partial charge in [-0.05, 0) is 40.3 Å². The predicted octanol–water partition coefficient (Wildman–Crippen LogP) is 2.97. The van der Waals surface area contributed by atoms with Crippen LogP contribution in [0.15, 0.2) is 18.2 Å². The number of aliphatic hydroxyl groups is 1. The van der Waals surface area contributed by atoms with Crippen LogP contribution in [0.5, 0.6) is 5.75 Å². The van der Waals surface area contributed by atoms with Crippen molar-refractivity contribution < 1.29 is 14.8 Å². The number of rotatable bonds is 8. The molecule has 1 rings (SSSR count). The molecule has 0 unspecified atom stereocenters. The van der Waals surface area contributed by atoms with Crippen molar-refractivity contribution in [3.8, 4) is 5.75 Å². The fourth-order valence-corrected chi connectivity index (χ4v) is 2.24. The molecule has 22 heavy (non-hydrogen) atoms. The smallest absolute Gasteiger partial charge is 0.270 e. The van der Waals surface area contributed by atoms with Crippen LogP contribution in [0, 0.1) is 10.1 Å². The van der Waals surface area contributed by atoms with Gasteiger partial charge in [0.25, 0.3) is 5.69 Å². The molecule has 0 aliphatic rings. The zero-order valence-electron chi connectivity index (χ0n) is 14.0. The van der Waals surface area contributed by atoms with Crippen molar-refractivity contribution in [3.63, 3.8) is 0 Å². The first kappa shape index (κ1) is 18.4. The summed E-state index contributed by atoms with van der Waals surface area (Å²) in [6.45, 7) is 11.0. The molecule has 0 aliphatic carbocycles. The lowest BCUT2D eigenvalue weighted by atomic mass is 10.1. The molecule has 0 amide bonds. The van der Waals surface area contributed by atoms with E-state index in [1.165, 1.54) is 6.07 Å². The zero-order valence-corrected chi connectivity index (χ0v) is 14.0. The van der Waals surface area contributed by atoms with Crippen LogP contribution >= 0.6 is 0 Å². The van der Waals surface area contributed by atoms with Gasteiger partial charge >= 0.3 is 0 Å². The Morgan fingerprint density at radius 3 is 2.50 bits per heavy atom. The molecular formula is C16H26N2O4. The molecule has 0 saturated heterocycles. The number of nitro benzene ring substituents is 1. The van der Waals surface area contributed by atoms with Crippen molar-refractivity contribution in [2.75, 3.05) is 13.1 Å². The minimum Gasteiger partial charge on any atom is -0.491 e. The van der Waals surface area contributed by atoms with Gasteiger partial charge in [-0.2, -0.15) is 0 Å². The Morgan fingerprint density at radius 2 is 2.05 bits per heavy atom. The minimum atomic E-state index is -0.824. The molecule has 1 N–H and O–H groups in total. The molecule has 0 aliphatic heterocycles. The van der Waals surface area contributed by atoms with Gasteiger partial charge in [-0.25, -0.2) is 0 Å². The lowest BCUT2D eigenvalue weighted by molar-refractivity contribution is -0.385. The third kappa shape index (κ3) is 5.99. The third-order valence-corrected chi connectivity index (χ3v) is 3.07. The Balaban J connectivity index is 3.06. The summed E-state index contributed by atoms with van der Waals surface area (Å²) in [5, 5.41) is 21.0. The number of ether oxygens (including phenoxy) is 1. The first-order chi connectivity index (χ1) is 10.1. The van der Waals surface area contributed by atoms with E-state index in [0.717, 1.165) is 12.1 Å². The molecule has 0 heterocycles. The Hall–Kier alpha value is -1.66. The SMILES string of the molecule is CCN(Cc1cc([N+](=O)[O-])ccc1OC(C)C)CC(C)(C)O. The van der Waals surface area contributed by atoms with E-state index in [2.05, 4.69) is 0 Å². The highest BCUT2D eigenvalue weighted by atomic mass is 16.6. The van der Waals surface area contributed by atoms with E-state index in [0.29, 0.717) is 18.8 Å². The summed E-state index contributed by atoms with van der Waals surface area (Å²) in [5.74, 6) is 0.648. The molecule has 0 bridgehead atoms. The number of benzene rings is 1. The second-order valence-corrected chi connectivity index (χ2v) is 6.33. The van der Waals surface area contributed by atoms with E-state index in [9.17, 15) is 15.2 Å². The topological polar surface area (TPSA) is 75.8 Å². The normalized spacial score (nSPS) is 12.0. The Labute approximate surface area is 131 Å². The van der Waals surface area contributed by atoms with Crippen LogP contribution in [0.4, 0.5) is 5.69 Å². The molecule has 124 valence electrons. The first-order valence-corrected chi connectivity index (χ1v) is 7.51. The Bertz CT molecular complexity index is 509. The summed E-state index contributed by atoms with van der Waals surface area (Å²) >= 11 is 0. The van der Waals surface area contributed by atoms with Gasteiger partial charge in [0.15, 0.2) is 0 Å². The summed E-state index contributed by atoms with van der Waals surface area (Å²) in [6.07, 6.45) is -0.00966. The summed E-state index contributed by atoms with van der Waals surface area (Å²) in [7, 11) is 0. The van der Waals surface area contributed by atoms with Gasteiger partial charge in [0, 0.05) is 30.8 Å². The Kier molecular flexibility index (Phi) is 6.32. The van der Waals surface area contributed by atoms with Crippen LogP contribution in [0.3, 0.4) is 0 Å². The highest BCUT2D eigenvalue weighted by molar-refractivity contribution is 5.44. The standard InChI is InChI=1S/C16H26N2O4/c1-6-17(11-16(4,5)19)10-13-9-14(18(20)21)7-8-15(13)22-12(2)3/h7-9,12,19H,6,10-11H2,1-5H3. The lowest BCUT2D eigenvalue weighted by Gasteiger charge is -2.28. The summed E-state index contributed by atoms with van der Waals surface area (Å²) in [6, 6.07) is 4.64. The molecule has 0 saturated carbocycles. The van der Waals surface area contributed by atoms with Crippen LogP contribution in [-0.2, 0) is 6.54 Å². The van der Waals surface area contributed by atoms with E-state index in [1.807, 2.05) is 25.7 Å². The summed E-state index contributed by atoms with van der Waals surface area (Å²) < 4.78 is 5.74. The van der Waals surface area contributed by atoms with Gasteiger partial charge in [0.1, 0.15) is 5.75 Å². The van der Waals surface area contributed by atoms with Crippen molar-refractivity contribution in [1.29, 1.82) is 0 Å². The van der Waals surface area contributed by atoms with Crippen molar-refractivity contribution >= 4 is 5.69 Å². The molecule has 1 aromatic carbocycles. The van der Waals surface area contributed by atoms with Gasteiger partial charge in [-0.3, -0.25) is 15.0 Å². The van der Waals surface area contributed by atoms with Gasteiger partial charge in [-0.15, -0.1) is 0 Å². The number of nitrogens with zero attached hydrogens (tertiary/aromatic N) is 2. The van der Waals surface area contributed by atoms with E-state index in [4.69, 9.17) is 4.74 Å². The number of hydrogen-bond acceptors (Lipinski definition) is 5. The molecule has 6 nitrogen and oxygen atoms in total.